The van der Waals surface area contributed by atoms with Gasteiger partial charge in [-0.2, -0.15) is 0 Å². The summed E-state index contributed by atoms with van der Waals surface area (Å²) in [5, 5.41) is 11.8. The largest absolute Gasteiger partial charge is 0.395 e. The van der Waals surface area contributed by atoms with Gasteiger partial charge < -0.3 is 15.3 Å². The lowest BCUT2D eigenvalue weighted by atomic mass is 10.1. The van der Waals surface area contributed by atoms with Crippen LogP contribution in [0.25, 0.3) is 0 Å². The van der Waals surface area contributed by atoms with Crippen LogP contribution < -0.4 is 5.32 Å². The number of nitrogens with one attached hydrogen (secondary N) is 1. The maximum absolute atomic E-state index is 12.2. The lowest BCUT2D eigenvalue weighted by molar-refractivity contribution is -0.137. The maximum Gasteiger partial charge on any atom is 0.277 e. The van der Waals surface area contributed by atoms with Crippen molar-refractivity contribution in [3.8, 4) is 0 Å². The molecule has 114 valence electrons. The molecule has 0 aromatic heterocycles. The minimum absolute atomic E-state index is 0.0477. The summed E-state index contributed by atoms with van der Waals surface area (Å²) in [6.45, 7) is 0.183. The molecule has 0 saturated carbocycles. The third-order valence-corrected chi connectivity index (χ3v) is 3.72. The number of β-amino-alcohol motifs (C(OH)–C–C–N with tert-alkyl or cyclic N) is 1. The van der Waals surface area contributed by atoms with Crippen LogP contribution in [0, 0.1) is 0 Å². The van der Waals surface area contributed by atoms with Crippen LogP contribution in [0.4, 0.5) is 5.69 Å². The van der Waals surface area contributed by atoms with Gasteiger partial charge in [-0.1, -0.05) is 12.1 Å². The Kier molecular flexibility index (Phi) is 3.42. The predicted octanol–water partition coefficient (Wildman–Crippen LogP) is -0.0709. The zero-order valence-electron chi connectivity index (χ0n) is 12.0. The van der Waals surface area contributed by atoms with Crippen molar-refractivity contribution in [1.29, 1.82) is 0 Å². The summed E-state index contributed by atoms with van der Waals surface area (Å²) < 4.78 is 0. The quantitative estimate of drug-likeness (QED) is 0.760. The van der Waals surface area contributed by atoms with Gasteiger partial charge in [-0.3, -0.25) is 19.3 Å². The van der Waals surface area contributed by atoms with E-state index in [-0.39, 0.29) is 24.8 Å². The van der Waals surface area contributed by atoms with Crippen molar-refractivity contribution in [3.63, 3.8) is 0 Å². The first-order valence-corrected chi connectivity index (χ1v) is 6.85. The van der Waals surface area contributed by atoms with Gasteiger partial charge in [0.25, 0.3) is 17.7 Å². The molecule has 2 N–H and O–H groups in total. The third-order valence-electron chi connectivity index (χ3n) is 3.72. The van der Waals surface area contributed by atoms with Crippen LogP contribution >= 0.6 is 0 Å². The SMILES string of the molecule is CN1Cc2cccc(NC3=CC(=O)N(CCO)C3=O)c2C1=O. The van der Waals surface area contributed by atoms with Gasteiger partial charge in [0.15, 0.2) is 0 Å². The van der Waals surface area contributed by atoms with Crippen LogP contribution in [-0.4, -0.2) is 52.8 Å². The van der Waals surface area contributed by atoms with E-state index in [1.165, 1.54) is 6.08 Å². The van der Waals surface area contributed by atoms with E-state index in [1.54, 1.807) is 24.1 Å². The molecule has 1 aromatic rings. The summed E-state index contributed by atoms with van der Waals surface area (Å²) in [5.74, 6) is -1.10. The monoisotopic (exact) mass is 301 g/mol. The molecule has 3 rings (SSSR count). The minimum Gasteiger partial charge on any atom is -0.395 e. The van der Waals surface area contributed by atoms with Gasteiger partial charge in [-0.05, 0) is 11.6 Å². The first-order chi connectivity index (χ1) is 10.5. The number of carbonyl (C=O) groups excluding carboxylic acids is 3. The first-order valence-electron chi connectivity index (χ1n) is 6.85. The molecule has 0 saturated heterocycles. The molecule has 7 nitrogen and oxygen atoms in total. The lowest BCUT2D eigenvalue weighted by Crippen LogP contribution is -2.34. The Hall–Kier alpha value is -2.67. The van der Waals surface area contributed by atoms with Gasteiger partial charge in [0, 0.05) is 19.7 Å². The van der Waals surface area contributed by atoms with Crippen LogP contribution in [0.3, 0.4) is 0 Å². The zero-order valence-corrected chi connectivity index (χ0v) is 12.0. The fourth-order valence-electron chi connectivity index (χ4n) is 2.66. The fraction of sp³-hybridized carbons (Fsp3) is 0.267. The van der Waals surface area contributed by atoms with E-state index in [2.05, 4.69) is 5.32 Å². The summed E-state index contributed by atoms with van der Waals surface area (Å²) in [6.07, 6.45) is 1.18. The van der Waals surface area contributed by atoms with Crippen molar-refractivity contribution in [3.05, 3.63) is 41.1 Å². The molecule has 0 fully saturated rings. The van der Waals surface area contributed by atoms with Gasteiger partial charge in [0.1, 0.15) is 5.70 Å². The number of anilines is 1. The van der Waals surface area contributed by atoms with Gasteiger partial charge in [-0.25, -0.2) is 0 Å². The molecule has 0 bridgehead atoms. The van der Waals surface area contributed by atoms with Gasteiger partial charge >= 0.3 is 0 Å². The minimum atomic E-state index is -0.504. The Morgan fingerprint density at radius 1 is 1.23 bits per heavy atom. The molecule has 0 spiro atoms. The lowest BCUT2D eigenvalue weighted by Gasteiger charge is -2.14. The smallest absolute Gasteiger partial charge is 0.277 e. The number of fused-ring (bicyclic) bond motifs is 1. The van der Waals surface area contributed by atoms with E-state index in [1.807, 2.05) is 6.07 Å². The van der Waals surface area contributed by atoms with Crippen molar-refractivity contribution < 1.29 is 19.5 Å². The number of hydrogen-bond donors (Lipinski definition) is 2. The van der Waals surface area contributed by atoms with Crippen molar-refractivity contribution >= 4 is 23.4 Å². The molecule has 1 aromatic carbocycles. The molecular formula is C15H15N3O4. The first kappa shape index (κ1) is 14.3. The number of hydrogen-bond acceptors (Lipinski definition) is 5. The summed E-state index contributed by atoms with van der Waals surface area (Å²) in [5.41, 5.74) is 2.01. The Morgan fingerprint density at radius 3 is 2.73 bits per heavy atom. The second-order valence-electron chi connectivity index (χ2n) is 5.20. The molecule has 7 heteroatoms. The Labute approximate surface area is 126 Å². The second-order valence-corrected chi connectivity index (χ2v) is 5.20. The van der Waals surface area contributed by atoms with E-state index in [4.69, 9.17) is 5.11 Å². The molecule has 0 radical (unpaired) electrons. The van der Waals surface area contributed by atoms with E-state index >= 15 is 0 Å². The van der Waals surface area contributed by atoms with Crippen LogP contribution in [-0.2, 0) is 16.1 Å². The van der Waals surface area contributed by atoms with Gasteiger partial charge in [-0.15, -0.1) is 0 Å². The highest BCUT2D eigenvalue weighted by atomic mass is 16.3. The number of rotatable bonds is 4. The summed E-state index contributed by atoms with van der Waals surface area (Å²) in [7, 11) is 1.71. The summed E-state index contributed by atoms with van der Waals surface area (Å²) >= 11 is 0. The highest BCUT2D eigenvalue weighted by Gasteiger charge is 2.33. The highest BCUT2D eigenvalue weighted by molar-refractivity contribution is 6.18. The van der Waals surface area contributed by atoms with Crippen LogP contribution in [0.5, 0.6) is 0 Å². The number of benzene rings is 1. The number of imide groups is 1. The molecule has 0 unspecified atom stereocenters. The van der Waals surface area contributed by atoms with Crippen LogP contribution in [0.1, 0.15) is 15.9 Å². The maximum atomic E-state index is 12.2. The molecule has 3 amide bonds. The summed E-state index contributed by atoms with van der Waals surface area (Å²) in [6, 6.07) is 5.35. The summed E-state index contributed by atoms with van der Waals surface area (Å²) in [4.78, 5) is 38.6. The van der Waals surface area contributed by atoms with Gasteiger partial charge in [0.05, 0.1) is 24.4 Å². The number of carbonyl (C=O) groups is 3. The Bertz CT molecular complexity index is 711. The van der Waals surface area contributed by atoms with Crippen molar-refractivity contribution in [2.24, 2.45) is 0 Å². The number of aliphatic hydroxyl groups is 1. The predicted molar refractivity (Wildman–Crippen MR) is 77.8 cm³/mol. The molecule has 2 aliphatic rings. The van der Waals surface area contributed by atoms with E-state index in [0.29, 0.717) is 17.8 Å². The van der Waals surface area contributed by atoms with Gasteiger partial charge in [0.2, 0.25) is 0 Å². The molecule has 2 aliphatic heterocycles. The van der Waals surface area contributed by atoms with E-state index < -0.39 is 11.8 Å². The molecule has 2 heterocycles. The highest BCUT2D eigenvalue weighted by Crippen LogP contribution is 2.30. The second kappa shape index (κ2) is 5.27. The molecule has 0 atom stereocenters. The fourth-order valence-corrected chi connectivity index (χ4v) is 2.66. The average molecular weight is 301 g/mol. The van der Waals surface area contributed by atoms with Crippen molar-refractivity contribution in [1.82, 2.24) is 9.80 Å². The molecular weight excluding hydrogens is 286 g/mol. The number of nitrogens with zero attached hydrogens (tertiary/aromatic N) is 2. The van der Waals surface area contributed by atoms with Crippen molar-refractivity contribution in [2.75, 3.05) is 25.5 Å². The average Bonchev–Trinajstić information content (AvgIpc) is 2.92. The Morgan fingerprint density at radius 2 is 2.00 bits per heavy atom. The van der Waals surface area contributed by atoms with Crippen molar-refractivity contribution in [2.45, 2.75) is 6.54 Å². The third kappa shape index (κ3) is 2.15. The number of aliphatic hydroxyl groups excluding tert-OH is 1. The molecule has 22 heavy (non-hydrogen) atoms. The standard InChI is InChI=1S/C15H15N3O4/c1-17-8-9-3-2-4-10(13(9)15(17)22)16-11-7-12(20)18(5-6-19)14(11)21/h2-4,7,16,19H,5-6,8H2,1H3. The van der Waals surface area contributed by atoms with Crippen LogP contribution in [0.15, 0.2) is 30.0 Å². The normalized spacial score (nSPS) is 17.2. The Balaban J connectivity index is 1.89. The molecule has 0 aliphatic carbocycles. The van der Waals surface area contributed by atoms with E-state index in [9.17, 15) is 14.4 Å². The zero-order chi connectivity index (χ0) is 15.9. The number of amides is 3. The van der Waals surface area contributed by atoms with E-state index in [0.717, 1.165) is 10.5 Å². The van der Waals surface area contributed by atoms with Crippen LogP contribution in [0.2, 0.25) is 0 Å². The topological polar surface area (TPSA) is 89.9 Å².